The molecule has 1 saturated heterocycles. The second-order valence-corrected chi connectivity index (χ2v) is 4.15. The minimum Gasteiger partial charge on any atom is -0.349 e. The first-order chi connectivity index (χ1) is 8.08. The number of carbonyl (C=O) groups is 1. The molecule has 90 valence electrons. The number of anilines is 1. The first-order valence-electron chi connectivity index (χ1n) is 5.45. The predicted octanol–water partition coefficient (Wildman–Crippen LogP) is 1.47. The van der Waals surface area contributed by atoms with E-state index in [9.17, 15) is 14.9 Å². The van der Waals surface area contributed by atoms with Gasteiger partial charge in [-0.2, -0.15) is 0 Å². The second-order valence-electron chi connectivity index (χ2n) is 4.15. The molecule has 0 saturated carbocycles. The number of carbonyl (C=O) groups excluding carboxylic acids is 1. The normalized spacial score (nSPS) is 16.1. The van der Waals surface area contributed by atoms with Crippen molar-refractivity contribution in [3.63, 3.8) is 0 Å². The maximum absolute atomic E-state index is 11.4. The molecule has 6 heteroatoms. The van der Waals surface area contributed by atoms with Gasteiger partial charge in [0.2, 0.25) is 0 Å². The standard InChI is InChI=1S/C11H13N3O3/c1-8-5-9(14(16)17)6-12-11(8)13-4-2-3-10(15)7-13/h5-6H,2-4,7H2,1H3. The number of ketones is 1. The third-order valence-corrected chi connectivity index (χ3v) is 2.80. The minimum atomic E-state index is -0.467. The zero-order chi connectivity index (χ0) is 12.4. The first kappa shape index (κ1) is 11.5. The van der Waals surface area contributed by atoms with Crippen molar-refractivity contribution in [2.75, 3.05) is 18.0 Å². The molecule has 2 rings (SSSR count). The number of nitro groups is 1. The average molecular weight is 235 g/mol. The van der Waals surface area contributed by atoms with Gasteiger partial charge in [-0.3, -0.25) is 14.9 Å². The van der Waals surface area contributed by atoms with Crippen molar-refractivity contribution in [3.8, 4) is 0 Å². The smallest absolute Gasteiger partial charge is 0.287 e. The molecule has 6 nitrogen and oxygen atoms in total. The van der Waals surface area contributed by atoms with Crippen LogP contribution in [0, 0.1) is 17.0 Å². The highest BCUT2D eigenvalue weighted by molar-refractivity contribution is 5.84. The Morgan fingerprint density at radius 2 is 2.29 bits per heavy atom. The summed E-state index contributed by atoms with van der Waals surface area (Å²) in [4.78, 5) is 27.4. The Hall–Kier alpha value is -1.98. The summed E-state index contributed by atoms with van der Waals surface area (Å²) in [6, 6.07) is 1.49. The molecule has 1 aliphatic rings. The van der Waals surface area contributed by atoms with Crippen molar-refractivity contribution in [1.82, 2.24) is 4.98 Å². The van der Waals surface area contributed by atoms with Crippen LogP contribution in [0.4, 0.5) is 11.5 Å². The summed E-state index contributed by atoms with van der Waals surface area (Å²) in [6.45, 7) is 2.90. The third kappa shape index (κ3) is 2.41. The van der Waals surface area contributed by atoms with E-state index in [1.807, 2.05) is 4.90 Å². The van der Waals surface area contributed by atoms with E-state index >= 15 is 0 Å². The number of aromatic nitrogens is 1. The van der Waals surface area contributed by atoms with Gasteiger partial charge in [0.25, 0.3) is 5.69 Å². The lowest BCUT2D eigenvalue weighted by Crippen LogP contribution is -2.36. The highest BCUT2D eigenvalue weighted by atomic mass is 16.6. The molecule has 1 aliphatic heterocycles. The number of pyridine rings is 1. The van der Waals surface area contributed by atoms with Crippen molar-refractivity contribution < 1.29 is 9.72 Å². The Balaban J connectivity index is 2.26. The fraction of sp³-hybridized carbons (Fsp3) is 0.455. The van der Waals surface area contributed by atoms with Crippen LogP contribution < -0.4 is 4.90 Å². The molecule has 1 fully saturated rings. The van der Waals surface area contributed by atoms with Crippen LogP contribution in [0.25, 0.3) is 0 Å². The summed E-state index contributed by atoms with van der Waals surface area (Å²) in [7, 11) is 0. The fourth-order valence-corrected chi connectivity index (χ4v) is 2.00. The number of piperidine rings is 1. The summed E-state index contributed by atoms with van der Waals surface area (Å²) in [5.74, 6) is 0.861. The quantitative estimate of drug-likeness (QED) is 0.573. The zero-order valence-electron chi connectivity index (χ0n) is 9.55. The van der Waals surface area contributed by atoms with Crippen molar-refractivity contribution >= 4 is 17.3 Å². The molecule has 0 spiro atoms. The number of rotatable bonds is 2. The number of hydrogen-bond donors (Lipinski definition) is 0. The Kier molecular flexibility index (Phi) is 3.03. The Morgan fingerprint density at radius 3 is 2.88 bits per heavy atom. The van der Waals surface area contributed by atoms with Crippen LogP contribution in [-0.2, 0) is 4.79 Å². The minimum absolute atomic E-state index is 0.0189. The largest absolute Gasteiger partial charge is 0.349 e. The number of nitrogens with zero attached hydrogens (tertiary/aromatic N) is 3. The molecule has 0 bridgehead atoms. The van der Waals surface area contributed by atoms with Gasteiger partial charge in [0.05, 0.1) is 11.5 Å². The lowest BCUT2D eigenvalue weighted by Gasteiger charge is -2.27. The Labute approximate surface area is 98.4 Å². The number of Topliss-reactive ketones (excluding diaryl/α,β-unsaturated/α-hetero) is 1. The van der Waals surface area contributed by atoms with Gasteiger partial charge in [0.15, 0.2) is 5.78 Å². The molecule has 1 aromatic rings. The molecule has 17 heavy (non-hydrogen) atoms. The molecular formula is C11H13N3O3. The maximum atomic E-state index is 11.4. The van der Waals surface area contributed by atoms with Crippen molar-refractivity contribution in [2.24, 2.45) is 0 Å². The van der Waals surface area contributed by atoms with Crippen LogP contribution in [0.3, 0.4) is 0 Å². The highest BCUT2D eigenvalue weighted by Crippen LogP contribution is 2.23. The lowest BCUT2D eigenvalue weighted by molar-refractivity contribution is -0.385. The summed E-state index contributed by atoms with van der Waals surface area (Å²) in [6.07, 6.45) is 2.67. The SMILES string of the molecule is Cc1cc([N+](=O)[O-])cnc1N1CCCC(=O)C1. The molecule has 1 aromatic heterocycles. The zero-order valence-corrected chi connectivity index (χ0v) is 9.55. The lowest BCUT2D eigenvalue weighted by atomic mass is 10.1. The molecule has 0 radical (unpaired) electrons. The van der Waals surface area contributed by atoms with E-state index in [0.717, 1.165) is 18.5 Å². The Morgan fingerprint density at radius 1 is 1.53 bits per heavy atom. The molecule has 0 atom stereocenters. The van der Waals surface area contributed by atoms with Gasteiger partial charge in [-0.25, -0.2) is 4.98 Å². The van der Waals surface area contributed by atoms with Gasteiger partial charge < -0.3 is 4.90 Å². The van der Waals surface area contributed by atoms with Gasteiger partial charge in [0, 0.05) is 19.0 Å². The van der Waals surface area contributed by atoms with Crippen molar-refractivity contribution in [2.45, 2.75) is 19.8 Å². The molecule has 0 aromatic carbocycles. The average Bonchev–Trinajstić information content (AvgIpc) is 2.28. The molecule has 0 aliphatic carbocycles. The molecule has 0 unspecified atom stereocenters. The van der Waals surface area contributed by atoms with Crippen LogP contribution in [0.1, 0.15) is 18.4 Å². The van der Waals surface area contributed by atoms with E-state index in [1.54, 1.807) is 6.92 Å². The van der Waals surface area contributed by atoms with Crippen LogP contribution in [0.2, 0.25) is 0 Å². The first-order valence-corrected chi connectivity index (χ1v) is 5.45. The van der Waals surface area contributed by atoms with Crippen LogP contribution in [0.15, 0.2) is 12.3 Å². The van der Waals surface area contributed by atoms with E-state index in [4.69, 9.17) is 0 Å². The van der Waals surface area contributed by atoms with Gasteiger partial charge >= 0.3 is 0 Å². The molecular weight excluding hydrogens is 222 g/mol. The monoisotopic (exact) mass is 235 g/mol. The molecule has 0 N–H and O–H groups in total. The van der Waals surface area contributed by atoms with Crippen molar-refractivity contribution in [1.29, 1.82) is 0 Å². The number of aryl methyl sites for hydroxylation is 1. The van der Waals surface area contributed by atoms with E-state index in [1.165, 1.54) is 12.3 Å². The Bertz CT molecular complexity index is 473. The van der Waals surface area contributed by atoms with Gasteiger partial charge in [0.1, 0.15) is 12.0 Å². The summed E-state index contributed by atoms with van der Waals surface area (Å²) in [5, 5.41) is 10.6. The fourth-order valence-electron chi connectivity index (χ4n) is 2.00. The summed E-state index contributed by atoms with van der Waals surface area (Å²) >= 11 is 0. The third-order valence-electron chi connectivity index (χ3n) is 2.80. The molecule has 2 heterocycles. The summed E-state index contributed by atoms with van der Waals surface area (Å²) < 4.78 is 0. The second kappa shape index (κ2) is 4.48. The maximum Gasteiger partial charge on any atom is 0.287 e. The van der Waals surface area contributed by atoms with Crippen molar-refractivity contribution in [3.05, 3.63) is 27.9 Å². The van der Waals surface area contributed by atoms with Gasteiger partial charge in [-0.1, -0.05) is 0 Å². The van der Waals surface area contributed by atoms with Gasteiger partial charge in [-0.15, -0.1) is 0 Å². The van der Waals surface area contributed by atoms with Crippen LogP contribution in [-0.4, -0.2) is 28.8 Å². The highest BCUT2D eigenvalue weighted by Gasteiger charge is 2.20. The number of hydrogen-bond acceptors (Lipinski definition) is 5. The van der Waals surface area contributed by atoms with Gasteiger partial charge in [-0.05, 0) is 18.9 Å². The van der Waals surface area contributed by atoms with E-state index in [0.29, 0.717) is 18.8 Å². The van der Waals surface area contributed by atoms with Crippen LogP contribution in [0.5, 0.6) is 0 Å². The topological polar surface area (TPSA) is 76.3 Å². The summed E-state index contributed by atoms with van der Waals surface area (Å²) in [5.41, 5.74) is 0.712. The molecule has 0 amide bonds. The van der Waals surface area contributed by atoms with E-state index in [-0.39, 0.29) is 11.5 Å². The predicted molar refractivity (Wildman–Crippen MR) is 62.1 cm³/mol. The van der Waals surface area contributed by atoms with Crippen LogP contribution >= 0.6 is 0 Å². The van der Waals surface area contributed by atoms with E-state index in [2.05, 4.69) is 4.98 Å². The van der Waals surface area contributed by atoms with E-state index < -0.39 is 4.92 Å².